The number of carbonyl (C=O) groups is 2. The van der Waals surface area contributed by atoms with Gasteiger partial charge in [-0.15, -0.1) is 0 Å². The van der Waals surface area contributed by atoms with Crippen molar-refractivity contribution in [3.63, 3.8) is 0 Å². The zero-order valence-electron chi connectivity index (χ0n) is 22.9. The van der Waals surface area contributed by atoms with Crippen molar-refractivity contribution in [1.82, 2.24) is 15.1 Å². The van der Waals surface area contributed by atoms with Crippen LogP contribution in [0.5, 0.6) is 0 Å². The summed E-state index contributed by atoms with van der Waals surface area (Å²) in [4.78, 5) is 30.7. The third-order valence-corrected chi connectivity index (χ3v) is 8.98. The van der Waals surface area contributed by atoms with Gasteiger partial charge in [-0.05, 0) is 82.4 Å². The summed E-state index contributed by atoms with van der Waals surface area (Å²) in [6.45, 7) is 8.05. The molecule has 1 N–H and O–H groups in total. The Kier molecular flexibility index (Phi) is 9.80. The second kappa shape index (κ2) is 12.4. The Labute approximate surface area is 214 Å². The second-order valence-corrected chi connectivity index (χ2v) is 11.8. The Balaban J connectivity index is 1.89. The van der Waals surface area contributed by atoms with E-state index in [-0.39, 0.29) is 29.8 Å². The van der Waals surface area contributed by atoms with Crippen molar-refractivity contribution in [2.24, 2.45) is 17.3 Å². The normalized spacial score (nSPS) is 27.7. The van der Waals surface area contributed by atoms with Gasteiger partial charge >= 0.3 is 0 Å². The molecule has 35 heavy (non-hydrogen) atoms. The fourth-order valence-corrected chi connectivity index (χ4v) is 6.48. The summed E-state index contributed by atoms with van der Waals surface area (Å²) in [5.74, 6) is 0.450. The van der Waals surface area contributed by atoms with Gasteiger partial charge in [0.25, 0.3) is 0 Å². The number of benzene rings is 1. The van der Waals surface area contributed by atoms with E-state index in [1.807, 2.05) is 4.90 Å². The minimum atomic E-state index is -0.0566. The number of amides is 2. The minimum Gasteiger partial charge on any atom is -0.355 e. The standard InChI is InChI=1S/C30H49N3O2/c1-6-20-31-27(34)23-33-21-12-19-30(32(4)5,26-14-8-7-9-15-26)18-10-13-25(24(2)28(33)35)22-29(3)16-11-17-29/h7-9,14-15,24-25H,6,10-13,16-23H2,1-5H3,(H,31,34)/t24?,25?,30-/m1/s1. The molecular formula is C30H49N3O2. The van der Waals surface area contributed by atoms with Crippen LogP contribution in [-0.2, 0) is 15.1 Å². The molecule has 2 aliphatic rings. The summed E-state index contributed by atoms with van der Waals surface area (Å²) in [5.41, 5.74) is 1.68. The van der Waals surface area contributed by atoms with E-state index < -0.39 is 0 Å². The van der Waals surface area contributed by atoms with Crippen LogP contribution in [0.15, 0.2) is 30.3 Å². The lowest BCUT2D eigenvalue weighted by molar-refractivity contribution is -0.141. The van der Waals surface area contributed by atoms with Crippen molar-refractivity contribution in [3.05, 3.63) is 35.9 Å². The highest BCUT2D eigenvalue weighted by atomic mass is 16.2. The molecule has 196 valence electrons. The maximum absolute atomic E-state index is 13.8. The van der Waals surface area contributed by atoms with Crippen molar-refractivity contribution in [2.45, 2.75) is 90.5 Å². The van der Waals surface area contributed by atoms with E-state index in [4.69, 9.17) is 0 Å². The van der Waals surface area contributed by atoms with Crippen LogP contribution in [-0.4, -0.2) is 55.3 Å². The summed E-state index contributed by atoms with van der Waals surface area (Å²) < 4.78 is 0. The molecule has 0 bridgehead atoms. The molecule has 2 fully saturated rings. The highest BCUT2D eigenvalue weighted by Gasteiger charge is 2.40. The van der Waals surface area contributed by atoms with Crippen LogP contribution in [0.1, 0.15) is 90.5 Å². The van der Waals surface area contributed by atoms with Gasteiger partial charge in [-0.2, -0.15) is 0 Å². The molecular weight excluding hydrogens is 434 g/mol. The highest BCUT2D eigenvalue weighted by Crippen LogP contribution is 2.48. The molecule has 1 saturated carbocycles. The van der Waals surface area contributed by atoms with E-state index in [0.29, 0.717) is 24.4 Å². The fourth-order valence-electron chi connectivity index (χ4n) is 6.48. The Morgan fingerprint density at radius 1 is 1.09 bits per heavy atom. The smallest absolute Gasteiger partial charge is 0.239 e. The number of rotatable bonds is 8. The van der Waals surface area contributed by atoms with E-state index in [9.17, 15) is 9.59 Å². The average molecular weight is 484 g/mol. The Morgan fingerprint density at radius 2 is 1.77 bits per heavy atom. The van der Waals surface area contributed by atoms with Crippen LogP contribution in [0.2, 0.25) is 0 Å². The minimum absolute atomic E-state index is 0.0355. The Hall–Kier alpha value is -1.88. The number of hydrogen-bond donors (Lipinski definition) is 1. The number of hydrogen-bond acceptors (Lipinski definition) is 3. The number of carbonyl (C=O) groups excluding carboxylic acids is 2. The molecule has 1 aliphatic carbocycles. The van der Waals surface area contributed by atoms with Gasteiger partial charge in [-0.3, -0.25) is 14.5 Å². The van der Waals surface area contributed by atoms with Gasteiger partial charge in [0.05, 0.1) is 6.54 Å². The first-order valence-corrected chi connectivity index (χ1v) is 14.0. The molecule has 2 unspecified atom stereocenters. The SMILES string of the molecule is CCCNC(=O)CN1CCC[C@](c2ccccc2)(N(C)C)CCCC(CC2(C)CCC2)C(C)C1=O. The Morgan fingerprint density at radius 3 is 2.37 bits per heavy atom. The Bertz CT molecular complexity index is 820. The monoisotopic (exact) mass is 483 g/mol. The van der Waals surface area contributed by atoms with Crippen molar-refractivity contribution in [2.75, 3.05) is 33.7 Å². The van der Waals surface area contributed by atoms with Crippen molar-refractivity contribution < 1.29 is 9.59 Å². The van der Waals surface area contributed by atoms with Gasteiger partial charge in [0.15, 0.2) is 0 Å². The summed E-state index contributed by atoms with van der Waals surface area (Å²) in [5, 5.41) is 2.98. The van der Waals surface area contributed by atoms with Gasteiger partial charge < -0.3 is 10.2 Å². The average Bonchev–Trinajstić information content (AvgIpc) is 2.85. The topological polar surface area (TPSA) is 52.7 Å². The van der Waals surface area contributed by atoms with Gasteiger partial charge in [0.2, 0.25) is 11.8 Å². The van der Waals surface area contributed by atoms with Crippen LogP contribution in [0.4, 0.5) is 0 Å². The van der Waals surface area contributed by atoms with Crippen LogP contribution < -0.4 is 5.32 Å². The van der Waals surface area contributed by atoms with Crippen LogP contribution in [0.25, 0.3) is 0 Å². The molecule has 5 nitrogen and oxygen atoms in total. The molecule has 0 aromatic heterocycles. The quantitative estimate of drug-likeness (QED) is 0.524. The lowest BCUT2D eigenvalue weighted by Gasteiger charge is -2.43. The van der Waals surface area contributed by atoms with Gasteiger partial charge in [0.1, 0.15) is 0 Å². The van der Waals surface area contributed by atoms with Crippen molar-refractivity contribution in [1.29, 1.82) is 0 Å². The molecule has 1 heterocycles. The molecule has 2 amide bonds. The summed E-state index contributed by atoms with van der Waals surface area (Å²) >= 11 is 0. The predicted molar refractivity (Wildman–Crippen MR) is 144 cm³/mol. The summed E-state index contributed by atoms with van der Waals surface area (Å²) in [6, 6.07) is 10.9. The van der Waals surface area contributed by atoms with Crippen molar-refractivity contribution in [3.8, 4) is 0 Å². The molecule has 1 aromatic carbocycles. The summed E-state index contributed by atoms with van der Waals surface area (Å²) in [6.07, 6.45) is 11.0. The molecule has 1 saturated heterocycles. The van der Waals surface area contributed by atoms with Gasteiger partial charge in [-0.25, -0.2) is 0 Å². The van der Waals surface area contributed by atoms with Gasteiger partial charge in [0, 0.05) is 24.5 Å². The van der Waals surface area contributed by atoms with E-state index in [2.05, 4.69) is 75.4 Å². The first-order valence-electron chi connectivity index (χ1n) is 14.0. The third-order valence-electron chi connectivity index (χ3n) is 8.98. The zero-order chi connectivity index (χ0) is 25.5. The predicted octanol–water partition coefficient (Wildman–Crippen LogP) is 5.60. The largest absolute Gasteiger partial charge is 0.355 e. The molecule has 1 aromatic rings. The van der Waals surface area contributed by atoms with Crippen LogP contribution in [0.3, 0.4) is 0 Å². The van der Waals surface area contributed by atoms with Gasteiger partial charge in [-0.1, -0.05) is 63.9 Å². The maximum atomic E-state index is 13.8. The van der Waals surface area contributed by atoms with E-state index >= 15 is 0 Å². The lowest BCUT2D eigenvalue weighted by Crippen LogP contribution is -2.46. The molecule has 0 radical (unpaired) electrons. The molecule has 3 atom stereocenters. The first-order chi connectivity index (χ1) is 16.7. The first kappa shape index (κ1) is 27.7. The maximum Gasteiger partial charge on any atom is 0.239 e. The molecule has 3 rings (SSSR count). The van der Waals surface area contributed by atoms with E-state index in [1.54, 1.807) is 0 Å². The number of nitrogens with one attached hydrogen (secondary N) is 1. The third kappa shape index (κ3) is 6.87. The molecule has 1 aliphatic heterocycles. The summed E-state index contributed by atoms with van der Waals surface area (Å²) in [7, 11) is 4.40. The van der Waals surface area contributed by atoms with E-state index in [0.717, 1.165) is 44.9 Å². The fraction of sp³-hybridized carbons (Fsp3) is 0.733. The van der Waals surface area contributed by atoms with E-state index in [1.165, 1.54) is 24.8 Å². The molecule has 0 spiro atoms. The zero-order valence-corrected chi connectivity index (χ0v) is 22.9. The van der Waals surface area contributed by atoms with Crippen LogP contribution in [0, 0.1) is 17.3 Å². The van der Waals surface area contributed by atoms with Crippen LogP contribution >= 0.6 is 0 Å². The molecule has 5 heteroatoms. The number of nitrogens with zero attached hydrogens (tertiary/aromatic N) is 2. The lowest BCUT2D eigenvalue weighted by atomic mass is 9.63. The highest BCUT2D eigenvalue weighted by molar-refractivity contribution is 5.85. The second-order valence-electron chi connectivity index (χ2n) is 11.8. The van der Waals surface area contributed by atoms with Crippen molar-refractivity contribution >= 4 is 11.8 Å².